The standard InChI is InChI=1S/C15H14Br2ClFN2/c1-2-20-14(15-12(17)7-10(16)8-21-15)6-9-5-11(18)3-4-13(9)19/h3-5,7-8,14,20H,2,6H2,1H3. The van der Waals surface area contributed by atoms with Crippen LogP contribution in [0.25, 0.3) is 0 Å². The summed E-state index contributed by atoms with van der Waals surface area (Å²) in [6, 6.07) is 6.45. The number of rotatable bonds is 5. The molecule has 112 valence electrons. The number of hydrogen-bond donors (Lipinski definition) is 1. The van der Waals surface area contributed by atoms with Crippen molar-refractivity contribution in [3.05, 3.63) is 61.5 Å². The number of aromatic nitrogens is 1. The molecule has 0 amide bonds. The molecule has 1 unspecified atom stereocenters. The van der Waals surface area contributed by atoms with E-state index in [0.717, 1.165) is 21.2 Å². The van der Waals surface area contributed by atoms with Crippen LogP contribution in [-0.4, -0.2) is 11.5 Å². The first-order valence-corrected chi connectivity index (χ1v) is 8.46. The Kier molecular flexibility index (Phi) is 6.17. The zero-order valence-corrected chi connectivity index (χ0v) is 15.3. The zero-order valence-electron chi connectivity index (χ0n) is 11.3. The maximum Gasteiger partial charge on any atom is 0.126 e. The van der Waals surface area contributed by atoms with Crippen molar-refractivity contribution in [1.29, 1.82) is 0 Å². The first-order valence-electron chi connectivity index (χ1n) is 6.49. The van der Waals surface area contributed by atoms with Crippen LogP contribution >= 0.6 is 43.5 Å². The highest BCUT2D eigenvalue weighted by atomic mass is 79.9. The zero-order chi connectivity index (χ0) is 15.4. The van der Waals surface area contributed by atoms with Gasteiger partial charge in [0.05, 0.1) is 11.7 Å². The number of likely N-dealkylation sites (N-methyl/N-ethyl adjacent to an activating group) is 1. The molecule has 1 heterocycles. The molecule has 1 aromatic carbocycles. The van der Waals surface area contributed by atoms with Gasteiger partial charge in [-0.3, -0.25) is 4.98 Å². The monoisotopic (exact) mass is 434 g/mol. The lowest BCUT2D eigenvalue weighted by Crippen LogP contribution is -2.24. The van der Waals surface area contributed by atoms with Crippen molar-refractivity contribution in [3.8, 4) is 0 Å². The molecule has 2 nitrogen and oxygen atoms in total. The molecule has 0 fully saturated rings. The highest BCUT2D eigenvalue weighted by molar-refractivity contribution is 9.11. The Morgan fingerprint density at radius 2 is 2.10 bits per heavy atom. The molecule has 0 saturated heterocycles. The average molecular weight is 437 g/mol. The third kappa shape index (κ3) is 4.49. The molecule has 6 heteroatoms. The minimum atomic E-state index is -0.254. The van der Waals surface area contributed by atoms with Gasteiger partial charge < -0.3 is 5.32 Å². The summed E-state index contributed by atoms with van der Waals surface area (Å²) in [5.74, 6) is -0.254. The summed E-state index contributed by atoms with van der Waals surface area (Å²) in [7, 11) is 0. The Bertz CT molecular complexity index is 637. The maximum absolute atomic E-state index is 13.9. The number of nitrogens with one attached hydrogen (secondary N) is 1. The topological polar surface area (TPSA) is 24.9 Å². The van der Waals surface area contributed by atoms with Crippen LogP contribution in [0.3, 0.4) is 0 Å². The van der Waals surface area contributed by atoms with E-state index in [1.165, 1.54) is 6.07 Å². The summed E-state index contributed by atoms with van der Waals surface area (Å²) in [4.78, 5) is 4.43. The van der Waals surface area contributed by atoms with Gasteiger partial charge >= 0.3 is 0 Å². The van der Waals surface area contributed by atoms with Gasteiger partial charge in [-0.15, -0.1) is 0 Å². The molecular formula is C15H14Br2ClFN2. The first kappa shape index (κ1) is 16.9. The number of pyridine rings is 1. The van der Waals surface area contributed by atoms with Gasteiger partial charge in [0.15, 0.2) is 0 Å². The minimum Gasteiger partial charge on any atom is -0.309 e. The Morgan fingerprint density at radius 1 is 1.33 bits per heavy atom. The molecule has 2 aromatic rings. The van der Waals surface area contributed by atoms with Gasteiger partial charge in [-0.05, 0) is 74.7 Å². The third-order valence-electron chi connectivity index (χ3n) is 3.05. The van der Waals surface area contributed by atoms with E-state index in [9.17, 15) is 4.39 Å². The fourth-order valence-corrected chi connectivity index (χ4v) is 3.57. The summed E-state index contributed by atoms with van der Waals surface area (Å²) < 4.78 is 15.7. The van der Waals surface area contributed by atoms with Crippen LogP contribution in [0.1, 0.15) is 24.2 Å². The second-order valence-electron chi connectivity index (χ2n) is 4.57. The van der Waals surface area contributed by atoms with Crippen LogP contribution in [0.2, 0.25) is 5.02 Å². The Labute approximate surface area is 145 Å². The molecule has 0 aliphatic rings. The predicted molar refractivity (Wildman–Crippen MR) is 91.2 cm³/mol. The van der Waals surface area contributed by atoms with Crippen LogP contribution in [-0.2, 0) is 6.42 Å². The first-order chi connectivity index (χ1) is 10.0. The van der Waals surface area contributed by atoms with Gasteiger partial charge in [0, 0.05) is 20.2 Å². The van der Waals surface area contributed by atoms with Crippen molar-refractivity contribution in [2.24, 2.45) is 0 Å². The maximum atomic E-state index is 13.9. The largest absolute Gasteiger partial charge is 0.309 e. The molecule has 0 radical (unpaired) electrons. The second-order valence-corrected chi connectivity index (χ2v) is 6.78. The lowest BCUT2D eigenvalue weighted by molar-refractivity contribution is 0.516. The fraction of sp³-hybridized carbons (Fsp3) is 0.267. The molecule has 0 bridgehead atoms. The normalized spacial score (nSPS) is 12.4. The van der Waals surface area contributed by atoms with E-state index in [1.54, 1.807) is 18.3 Å². The van der Waals surface area contributed by atoms with Crippen LogP contribution in [0.15, 0.2) is 39.4 Å². The van der Waals surface area contributed by atoms with E-state index < -0.39 is 0 Å². The van der Waals surface area contributed by atoms with E-state index in [2.05, 4.69) is 42.2 Å². The Morgan fingerprint density at radius 3 is 2.76 bits per heavy atom. The summed E-state index contributed by atoms with van der Waals surface area (Å²) >= 11 is 12.9. The molecule has 1 atom stereocenters. The molecule has 1 N–H and O–H groups in total. The molecule has 0 saturated carbocycles. The van der Waals surface area contributed by atoms with Gasteiger partial charge in [-0.2, -0.15) is 0 Å². The van der Waals surface area contributed by atoms with Crippen molar-refractivity contribution in [3.63, 3.8) is 0 Å². The molecule has 2 rings (SSSR count). The van der Waals surface area contributed by atoms with Gasteiger partial charge in [0.25, 0.3) is 0 Å². The minimum absolute atomic E-state index is 0.0922. The van der Waals surface area contributed by atoms with Gasteiger partial charge in [0.1, 0.15) is 5.82 Å². The predicted octanol–water partition coefficient (Wildman–Crippen LogP) is 5.29. The van der Waals surface area contributed by atoms with Crippen molar-refractivity contribution in [2.45, 2.75) is 19.4 Å². The highest BCUT2D eigenvalue weighted by Gasteiger charge is 2.18. The van der Waals surface area contributed by atoms with Crippen LogP contribution in [0.5, 0.6) is 0 Å². The van der Waals surface area contributed by atoms with Crippen LogP contribution < -0.4 is 5.32 Å². The van der Waals surface area contributed by atoms with Gasteiger partial charge in [-0.25, -0.2) is 4.39 Å². The Hall–Kier alpha value is -0.490. The molecule has 0 aliphatic carbocycles. The SMILES string of the molecule is CCNC(Cc1cc(Cl)ccc1F)c1ncc(Br)cc1Br. The summed E-state index contributed by atoms with van der Waals surface area (Å²) in [6.07, 6.45) is 2.21. The number of benzene rings is 1. The fourth-order valence-electron chi connectivity index (χ4n) is 2.11. The lowest BCUT2D eigenvalue weighted by atomic mass is 10.0. The smallest absolute Gasteiger partial charge is 0.126 e. The van der Waals surface area contributed by atoms with Crippen molar-refractivity contribution in [1.82, 2.24) is 10.3 Å². The summed E-state index contributed by atoms with van der Waals surface area (Å²) in [5, 5.41) is 3.87. The number of nitrogens with zero attached hydrogens (tertiary/aromatic N) is 1. The molecule has 0 aliphatic heterocycles. The Balaban J connectivity index is 2.32. The molecule has 21 heavy (non-hydrogen) atoms. The second kappa shape index (κ2) is 7.68. The van der Waals surface area contributed by atoms with E-state index in [4.69, 9.17) is 11.6 Å². The molecule has 1 aromatic heterocycles. The van der Waals surface area contributed by atoms with Crippen molar-refractivity contribution < 1.29 is 4.39 Å². The quantitative estimate of drug-likeness (QED) is 0.689. The van der Waals surface area contributed by atoms with Gasteiger partial charge in [0.2, 0.25) is 0 Å². The highest BCUT2D eigenvalue weighted by Crippen LogP contribution is 2.28. The number of hydrogen-bond acceptors (Lipinski definition) is 2. The van der Waals surface area contributed by atoms with Crippen LogP contribution in [0.4, 0.5) is 4.39 Å². The van der Waals surface area contributed by atoms with Crippen molar-refractivity contribution in [2.75, 3.05) is 6.54 Å². The molecular weight excluding hydrogens is 422 g/mol. The average Bonchev–Trinajstić information content (AvgIpc) is 2.42. The van der Waals surface area contributed by atoms with E-state index in [-0.39, 0.29) is 11.9 Å². The van der Waals surface area contributed by atoms with E-state index in [1.807, 2.05) is 13.0 Å². The third-order valence-corrected chi connectivity index (χ3v) is 4.35. The summed E-state index contributed by atoms with van der Waals surface area (Å²) in [6.45, 7) is 2.77. The van der Waals surface area contributed by atoms with E-state index in [0.29, 0.717) is 17.0 Å². The van der Waals surface area contributed by atoms with Gasteiger partial charge in [-0.1, -0.05) is 18.5 Å². The van der Waals surface area contributed by atoms with E-state index >= 15 is 0 Å². The van der Waals surface area contributed by atoms with Crippen molar-refractivity contribution >= 4 is 43.5 Å². The number of halogens is 4. The summed E-state index contributed by atoms with van der Waals surface area (Å²) in [5.41, 5.74) is 1.42. The van der Waals surface area contributed by atoms with Crippen LogP contribution in [0, 0.1) is 5.82 Å². The lowest BCUT2D eigenvalue weighted by Gasteiger charge is -2.19. The molecule has 0 spiro atoms.